The van der Waals surface area contributed by atoms with Crippen molar-refractivity contribution in [1.82, 2.24) is 15.5 Å². The maximum absolute atomic E-state index is 11.9. The van der Waals surface area contributed by atoms with E-state index in [0.29, 0.717) is 12.5 Å². The molecule has 5 heteroatoms. The van der Waals surface area contributed by atoms with E-state index >= 15 is 0 Å². The van der Waals surface area contributed by atoms with Gasteiger partial charge in [-0.1, -0.05) is 30.3 Å². The van der Waals surface area contributed by atoms with Crippen LogP contribution in [-0.4, -0.2) is 42.5 Å². The fourth-order valence-corrected chi connectivity index (χ4v) is 3.11. The van der Waals surface area contributed by atoms with Crippen LogP contribution in [0.15, 0.2) is 30.3 Å². The van der Waals surface area contributed by atoms with Crippen LogP contribution < -0.4 is 10.6 Å². The highest BCUT2D eigenvalue weighted by molar-refractivity contribution is 5.95. The lowest BCUT2D eigenvalue weighted by molar-refractivity contribution is -0.121. The Morgan fingerprint density at radius 3 is 2.39 bits per heavy atom. The van der Waals surface area contributed by atoms with Crippen molar-refractivity contribution in [3.05, 3.63) is 35.9 Å². The Kier molecular flexibility index (Phi) is 5.28. The average molecular weight is 315 g/mol. The predicted molar refractivity (Wildman–Crippen MR) is 89.0 cm³/mol. The minimum atomic E-state index is -0.350. The number of nitrogens with one attached hydrogen (secondary N) is 2. The van der Waals surface area contributed by atoms with Gasteiger partial charge in [0.25, 0.3) is 0 Å². The Hall–Kier alpha value is -1.88. The average Bonchev–Trinajstić information content (AvgIpc) is 3.34. The van der Waals surface area contributed by atoms with Crippen LogP contribution in [0.25, 0.3) is 0 Å². The Bertz CT molecular complexity index is 534. The maximum atomic E-state index is 11.9. The summed E-state index contributed by atoms with van der Waals surface area (Å²) >= 11 is 0. The first-order valence-electron chi connectivity index (χ1n) is 8.55. The number of benzene rings is 1. The lowest BCUT2D eigenvalue weighted by Gasteiger charge is -2.31. The number of amides is 3. The van der Waals surface area contributed by atoms with Crippen molar-refractivity contribution in [3.63, 3.8) is 0 Å². The van der Waals surface area contributed by atoms with E-state index in [0.717, 1.165) is 45.2 Å². The van der Waals surface area contributed by atoms with Gasteiger partial charge in [-0.05, 0) is 56.7 Å². The van der Waals surface area contributed by atoms with Gasteiger partial charge in [0.05, 0.1) is 6.54 Å². The second kappa shape index (κ2) is 7.59. The van der Waals surface area contributed by atoms with E-state index in [4.69, 9.17) is 0 Å². The third-order valence-electron chi connectivity index (χ3n) is 4.61. The second-order valence-corrected chi connectivity index (χ2v) is 6.71. The molecule has 3 amide bonds. The standard InChI is InChI=1S/C18H25N3O2/c22-17(20-18(23)19-16-6-7-16)13-21-10-8-15(9-11-21)12-14-4-2-1-3-5-14/h1-5,15-16H,6-13H2,(H2,19,20,22,23). The first kappa shape index (κ1) is 16.0. The molecular weight excluding hydrogens is 290 g/mol. The first-order valence-corrected chi connectivity index (χ1v) is 8.55. The molecule has 0 unspecified atom stereocenters. The minimum Gasteiger partial charge on any atom is -0.335 e. The summed E-state index contributed by atoms with van der Waals surface area (Å²) in [6.07, 6.45) is 5.38. The monoisotopic (exact) mass is 315 g/mol. The molecule has 1 aliphatic carbocycles. The largest absolute Gasteiger partial charge is 0.335 e. The van der Waals surface area contributed by atoms with Crippen molar-refractivity contribution in [2.24, 2.45) is 5.92 Å². The van der Waals surface area contributed by atoms with Crippen LogP contribution in [-0.2, 0) is 11.2 Å². The molecule has 1 saturated carbocycles. The van der Waals surface area contributed by atoms with Crippen molar-refractivity contribution < 1.29 is 9.59 Å². The van der Waals surface area contributed by atoms with Crippen LogP contribution >= 0.6 is 0 Å². The molecule has 1 saturated heterocycles. The number of rotatable bonds is 5. The van der Waals surface area contributed by atoms with E-state index in [1.807, 2.05) is 6.07 Å². The van der Waals surface area contributed by atoms with Gasteiger partial charge in [-0.3, -0.25) is 15.0 Å². The molecule has 1 heterocycles. The summed E-state index contributed by atoms with van der Waals surface area (Å²) < 4.78 is 0. The third kappa shape index (κ3) is 5.36. The summed E-state index contributed by atoms with van der Waals surface area (Å²) in [5.41, 5.74) is 1.39. The third-order valence-corrected chi connectivity index (χ3v) is 4.61. The van der Waals surface area contributed by atoms with Crippen LogP contribution in [0.5, 0.6) is 0 Å². The van der Waals surface area contributed by atoms with Crippen LogP contribution in [0.2, 0.25) is 0 Å². The first-order chi connectivity index (χ1) is 11.2. The van der Waals surface area contributed by atoms with Crippen LogP contribution in [0, 0.1) is 5.92 Å². The molecule has 0 spiro atoms. The predicted octanol–water partition coefficient (Wildman–Crippen LogP) is 1.93. The molecule has 2 aliphatic rings. The normalized spacial score (nSPS) is 19.3. The summed E-state index contributed by atoms with van der Waals surface area (Å²) in [5, 5.41) is 5.19. The van der Waals surface area contributed by atoms with Gasteiger partial charge in [-0.25, -0.2) is 4.79 Å². The summed E-state index contributed by atoms with van der Waals surface area (Å²) in [4.78, 5) is 25.6. The Balaban J connectivity index is 1.35. The van der Waals surface area contributed by atoms with Gasteiger partial charge in [0, 0.05) is 6.04 Å². The summed E-state index contributed by atoms with van der Waals surface area (Å²) in [6, 6.07) is 10.5. The Morgan fingerprint density at radius 2 is 1.74 bits per heavy atom. The van der Waals surface area contributed by atoms with E-state index in [2.05, 4.69) is 39.8 Å². The maximum Gasteiger partial charge on any atom is 0.321 e. The number of hydrogen-bond acceptors (Lipinski definition) is 3. The molecule has 0 radical (unpaired) electrons. The fraction of sp³-hybridized carbons (Fsp3) is 0.556. The highest BCUT2D eigenvalue weighted by atomic mass is 16.2. The number of carbonyl (C=O) groups excluding carboxylic acids is 2. The highest BCUT2D eigenvalue weighted by Crippen LogP contribution is 2.21. The molecule has 23 heavy (non-hydrogen) atoms. The molecule has 2 fully saturated rings. The van der Waals surface area contributed by atoms with Crippen LogP contribution in [0.1, 0.15) is 31.2 Å². The number of urea groups is 1. The van der Waals surface area contributed by atoms with Crippen molar-refractivity contribution in [1.29, 1.82) is 0 Å². The van der Waals surface area contributed by atoms with Crippen LogP contribution in [0.3, 0.4) is 0 Å². The van der Waals surface area contributed by atoms with E-state index in [1.54, 1.807) is 0 Å². The van der Waals surface area contributed by atoms with E-state index in [9.17, 15) is 9.59 Å². The van der Waals surface area contributed by atoms with Gasteiger partial charge < -0.3 is 5.32 Å². The Morgan fingerprint density at radius 1 is 1.04 bits per heavy atom. The molecule has 0 atom stereocenters. The molecule has 5 nitrogen and oxygen atoms in total. The second-order valence-electron chi connectivity index (χ2n) is 6.71. The number of likely N-dealkylation sites (tertiary alicyclic amines) is 1. The van der Waals surface area contributed by atoms with Gasteiger partial charge in [0.2, 0.25) is 5.91 Å². The number of hydrogen-bond donors (Lipinski definition) is 2. The zero-order valence-corrected chi connectivity index (χ0v) is 13.5. The molecule has 2 N–H and O–H groups in total. The van der Waals surface area contributed by atoms with Crippen molar-refractivity contribution in [3.8, 4) is 0 Å². The zero-order valence-electron chi connectivity index (χ0n) is 13.5. The molecule has 1 aromatic rings. The van der Waals surface area contributed by atoms with Gasteiger partial charge in [-0.2, -0.15) is 0 Å². The van der Waals surface area contributed by atoms with Crippen molar-refractivity contribution >= 4 is 11.9 Å². The number of nitrogens with zero attached hydrogens (tertiary/aromatic N) is 1. The quantitative estimate of drug-likeness (QED) is 0.873. The number of piperidine rings is 1. The minimum absolute atomic E-state index is 0.204. The topological polar surface area (TPSA) is 61.4 Å². The fourth-order valence-electron chi connectivity index (χ4n) is 3.11. The molecule has 0 bridgehead atoms. The smallest absolute Gasteiger partial charge is 0.321 e. The molecule has 0 aromatic heterocycles. The van der Waals surface area contributed by atoms with E-state index in [1.165, 1.54) is 5.56 Å². The summed E-state index contributed by atoms with van der Waals surface area (Å²) in [6.45, 7) is 2.17. The van der Waals surface area contributed by atoms with E-state index < -0.39 is 0 Å². The molecular formula is C18H25N3O2. The lowest BCUT2D eigenvalue weighted by atomic mass is 9.90. The van der Waals surface area contributed by atoms with Gasteiger partial charge in [0.15, 0.2) is 0 Å². The summed E-state index contributed by atoms with van der Waals surface area (Å²) in [7, 11) is 0. The van der Waals surface area contributed by atoms with Crippen molar-refractivity contribution in [2.75, 3.05) is 19.6 Å². The van der Waals surface area contributed by atoms with Crippen molar-refractivity contribution in [2.45, 2.75) is 38.1 Å². The SMILES string of the molecule is O=C(CN1CCC(Cc2ccccc2)CC1)NC(=O)NC1CC1. The van der Waals surface area contributed by atoms with Gasteiger partial charge >= 0.3 is 6.03 Å². The molecule has 1 aromatic carbocycles. The number of imide groups is 1. The molecule has 124 valence electrons. The van der Waals surface area contributed by atoms with Gasteiger partial charge in [0.1, 0.15) is 0 Å². The Labute approximate surface area is 137 Å². The number of carbonyl (C=O) groups is 2. The lowest BCUT2D eigenvalue weighted by Crippen LogP contribution is -2.46. The highest BCUT2D eigenvalue weighted by Gasteiger charge is 2.25. The van der Waals surface area contributed by atoms with Gasteiger partial charge in [-0.15, -0.1) is 0 Å². The van der Waals surface area contributed by atoms with E-state index in [-0.39, 0.29) is 18.0 Å². The van der Waals surface area contributed by atoms with Crippen LogP contribution in [0.4, 0.5) is 4.79 Å². The summed E-state index contributed by atoms with van der Waals surface area (Å²) in [5.74, 6) is 0.486. The zero-order chi connectivity index (χ0) is 16.1. The molecule has 1 aliphatic heterocycles. The molecule has 3 rings (SSSR count).